The van der Waals surface area contributed by atoms with Crippen molar-refractivity contribution in [3.8, 4) is 22.6 Å². The first kappa shape index (κ1) is 20.1. The van der Waals surface area contributed by atoms with E-state index in [1.54, 1.807) is 11.8 Å². The predicted octanol–water partition coefficient (Wildman–Crippen LogP) is 5.08. The Bertz CT molecular complexity index is 1020. The summed E-state index contributed by atoms with van der Waals surface area (Å²) < 4.78 is 33.7. The highest BCUT2D eigenvalue weighted by molar-refractivity contribution is 7.98. The molecule has 0 bridgehead atoms. The van der Waals surface area contributed by atoms with E-state index >= 15 is 0 Å². The Morgan fingerprint density at radius 1 is 1.11 bits per heavy atom. The number of ether oxygens (including phenoxy) is 1. The second kappa shape index (κ2) is 9.01. The zero-order chi connectivity index (χ0) is 20.1. The van der Waals surface area contributed by atoms with Crippen LogP contribution < -0.4 is 10.3 Å². The number of thioether (sulfide) groups is 1. The molecule has 0 atom stereocenters. The molecule has 0 saturated carbocycles. The number of benzene rings is 2. The van der Waals surface area contributed by atoms with E-state index in [2.05, 4.69) is 5.10 Å². The van der Waals surface area contributed by atoms with Crippen molar-refractivity contribution >= 4 is 11.8 Å². The number of halogens is 2. The number of aromatic nitrogens is 2. The molecule has 1 heterocycles. The van der Waals surface area contributed by atoms with Gasteiger partial charge in [-0.3, -0.25) is 4.79 Å². The maximum Gasteiger partial charge on any atom is 0.314 e. The lowest BCUT2D eigenvalue weighted by molar-refractivity contribution is 0.304. The molecule has 1 aromatic heterocycles. The molecule has 3 rings (SSSR count). The van der Waals surface area contributed by atoms with Gasteiger partial charge < -0.3 is 4.74 Å². The fraction of sp³-hybridized carbons (Fsp3) is 0.238. The second-order valence-electron chi connectivity index (χ2n) is 6.13. The minimum absolute atomic E-state index is 0.133. The lowest BCUT2D eigenvalue weighted by atomic mass is 10.1. The Labute approximate surface area is 166 Å². The molecular weight excluding hydrogens is 382 g/mol. The van der Waals surface area contributed by atoms with Crippen molar-refractivity contribution in [2.24, 2.45) is 0 Å². The van der Waals surface area contributed by atoms with Crippen molar-refractivity contribution in [2.45, 2.75) is 24.7 Å². The van der Waals surface area contributed by atoms with E-state index in [1.807, 2.05) is 37.4 Å². The van der Waals surface area contributed by atoms with Gasteiger partial charge in [0.15, 0.2) is 17.4 Å². The highest BCUT2D eigenvalue weighted by Crippen LogP contribution is 2.28. The summed E-state index contributed by atoms with van der Waals surface area (Å²) in [6.07, 6.45) is 5.20. The average molecular weight is 402 g/mol. The molecule has 0 aliphatic rings. The molecule has 146 valence electrons. The van der Waals surface area contributed by atoms with Gasteiger partial charge in [-0.2, -0.15) is 9.78 Å². The highest BCUT2D eigenvalue weighted by Gasteiger charge is 2.16. The van der Waals surface area contributed by atoms with Gasteiger partial charge >= 0.3 is 5.56 Å². The molecule has 0 aliphatic heterocycles. The summed E-state index contributed by atoms with van der Waals surface area (Å²) in [4.78, 5) is 14.1. The number of rotatable bonds is 7. The molecule has 0 spiro atoms. The molecule has 0 fully saturated rings. The zero-order valence-corrected chi connectivity index (χ0v) is 16.4. The lowest BCUT2D eigenvalue weighted by Gasteiger charge is -2.13. The summed E-state index contributed by atoms with van der Waals surface area (Å²) in [5.41, 5.74) is 0.973. The Kier molecular flexibility index (Phi) is 6.46. The Balaban J connectivity index is 2.10. The molecule has 7 heteroatoms. The summed E-state index contributed by atoms with van der Waals surface area (Å²) in [5, 5.41) is 4.16. The van der Waals surface area contributed by atoms with Gasteiger partial charge in [0.2, 0.25) is 0 Å². The van der Waals surface area contributed by atoms with Gasteiger partial charge in [0.1, 0.15) is 0 Å². The van der Waals surface area contributed by atoms with E-state index in [9.17, 15) is 13.6 Å². The van der Waals surface area contributed by atoms with Crippen LogP contribution >= 0.6 is 11.8 Å². The maximum absolute atomic E-state index is 13.6. The average Bonchev–Trinajstić information content (AvgIpc) is 2.71. The van der Waals surface area contributed by atoms with Gasteiger partial charge in [-0.25, -0.2) is 8.78 Å². The number of unbranched alkanes of at least 4 members (excludes halogenated alkanes) is 1. The summed E-state index contributed by atoms with van der Waals surface area (Å²) in [5.74, 6) is -1.89. The number of hydrogen-bond acceptors (Lipinski definition) is 4. The van der Waals surface area contributed by atoms with E-state index in [1.165, 1.54) is 12.3 Å². The summed E-state index contributed by atoms with van der Waals surface area (Å²) in [6.45, 7) is 2.40. The Morgan fingerprint density at radius 3 is 2.50 bits per heavy atom. The molecule has 0 aliphatic carbocycles. The fourth-order valence-electron chi connectivity index (χ4n) is 2.67. The van der Waals surface area contributed by atoms with Crippen LogP contribution in [0.5, 0.6) is 5.75 Å². The van der Waals surface area contributed by atoms with Crippen LogP contribution in [0.4, 0.5) is 8.78 Å². The van der Waals surface area contributed by atoms with Gasteiger partial charge in [-0.15, -0.1) is 11.8 Å². The van der Waals surface area contributed by atoms with Gasteiger partial charge in [-0.1, -0.05) is 25.5 Å². The van der Waals surface area contributed by atoms with E-state index in [-0.39, 0.29) is 11.4 Å². The quantitative estimate of drug-likeness (QED) is 0.408. The molecule has 28 heavy (non-hydrogen) atoms. The van der Waals surface area contributed by atoms with Crippen LogP contribution in [0.2, 0.25) is 0 Å². The smallest absolute Gasteiger partial charge is 0.314 e. The molecule has 0 N–H and O–H groups in total. The lowest BCUT2D eigenvalue weighted by Crippen LogP contribution is -2.24. The number of hydrogen-bond donors (Lipinski definition) is 0. The van der Waals surface area contributed by atoms with Gasteiger partial charge in [0, 0.05) is 16.5 Å². The topological polar surface area (TPSA) is 44.1 Å². The van der Waals surface area contributed by atoms with E-state index < -0.39 is 17.2 Å². The SMILES string of the molecule is CCCCOc1c(-c2ccc(SC)cc2)cnn(-c2ccc(F)c(F)c2)c1=O. The predicted molar refractivity (Wildman–Crippen MR) is 107 cm³/mol. The minimum atomic E-state index is -1.05. The summed E-state index contributed by atoms with van der Waals surface area (Å²) in [7, 11) is 0. The van der Waals surface area contributed by atoms with Crippen LogP contribution in [0.25, 0.3) is 16.8 Å². The summed E-state index contributed by atoms with van der Waals surface area (Å²) in [6, 6.07) is 10.9. The van der Waals surface area contributed by atoms with E-state index in [0.717, 1.165) is 40.1 Å². The molecule has 3 aromatic rings. The van der Waals surface area contributed by atoms with Gasteiger partial charge in [0.25, 0.3) is 0 Å². The van der Waals surface area contributed by atoms with Crippen LogP contribution in [0, 0.1) is 11.6 Å². The summed E-state index contributed by atoms with van der Waals surface area (Å²) >= 11 is 1.62. The molecule has 4 nitrogen and oxygen atoms in total. The van der Waals surface area contributed by atoms with Gasteiger partial charge in [-0.05, 0) is 42.5 Å². The molecule has 0 saturated heterocycles. The molecular formula is C21H20F2N2O2S. The Morgan fingerprint density at radius 2 is 1.86 bits per heavy atom. The Hall–Kier alpha value is -2.67. The van der Waals surface area contributed by atoms with Crippen molar-refractivity contribution in [3.05, 3.63) is 70.6 Å². The first-order valence-corrected chi connectivity index (χ1v) is 10.1. The van der Waals surface area contributed by atoms with E-state index in [0.29, 0.717) is 12.2 Å². The third-order valence-corrected chi connectivity index (χ3v) is 4.97. The standard InChI is InChI=1S/C21H20F2N2O2S/c1-3-4-11-27-20-17(14-5-8-16(28-2)9-6-14)13-24-25(21(20)26)15-7-10-18(22)19(23)12-15/h5-10,12-13H,3-4,11H2,1-2H3. The maximum atomic E-state index is 13.6. The molecule has 0 unspecified atom stereocenters. The van der Waals surface area contributed by atoms with Crippen molar-refractivity contribution in [3.63, 3.8) is 0 Å². The van der Waals surface area contributed by atoms with Crippen LogP contribution in [-0.2, 0) is 0 Å². The van der Waals surface area contributed by atoms with Crippen molar-refractivity contribution in [2.75, 3.05) is 12.9 Å². The normalized spacial score (nSPS) is 10.9. The van der Waals surface area contributed by atoms with Crippen LogP contribution in [-0.4, -0.2) is 22.6 Å². The van der Waals surface area contributed by atoms with Crippen molar-refractivity contribution in [1.82, 2.24) is 9.78 Å². The third-order valence-electron chi connectivity index (χ3n) is 4.23. The highest BCUT2D eigenvalue weighted by atomic mass is 32.2. The minimum Gasteiger partial charge on any atom is -0.487 e. The molecule has 0 amide bonds. The van der Waals surface area contributed by atoms with Crippen LogP contribution in [0.3, 0.4) is 0 Å². The fourth-order valence-corrected chi connectivity index (χ4v) is 3.08. The molecule has 0 radical (unpaired) electrons. The first-order chi connectivity index (χ1) is 13.5. The van der Waals surface area contributed by atoms with Crippen LogP contribution in [0.1, 0.15) is 19.8 Å². The van der Waals surface area contributed by atoms with Crippen LogP contribution in [0.15, 0.2) is 58.4 Å². The molecule has 2 aromatic carbocycles. The monoisotopic (exact) mass is 402 g/mol. The zero-order valence-electron chi connectivity index (χ0n) is 15.6. The van der Waals surface area contributed by atoms with Crippen molar-refractivity contribution < 1.29 is 13.5 Å². The number of nitrogens with zero attached hydrogens (tertiary/aromatic N) is 2. The van der Waals surface area contributed by atoms with Gasteiger partial charge in [0.05, 0.1) is 18.5 Å². The first-order valence-electron chi connectivity index (χ1n) is 8.90. The largest absolute Gasteiger partial charge is 0.487 e. The third kappa shape index (κ3) is 4.25. The second-order valence-corrected chi connectivity index (χ2v) is 7.01. The van der Waals surface area contributed by atoms with E-state index in [4.69, 9.17) is 4.74 Å². The van der Waals surface area contributed by atoms with Crippen molar-refractivity contribution in [1.29, 1.82) is 0 Å².